The lowest BCUT2D eigenvalue weighted by Gasteiger charge is -2.22. The summed E-state index contributed by atoms with van der Waals surface area (Å²) in [5.41, 5.74) is 2.66. The van der Waals surface area contributed by atoms with E-state index in [-0.39, 0.29) is 22.2 Å². The van der Waals surface area contributed by atoms with E-state index in [1.54, 1.807) is 24.3 Å². The molecule has 1 aliphatic heterocycles. The van der Waals surface area contributed by atoms with Crippen molar-refractivity contribution in [2.45, 2.75) is 36.4 Å². The molecule has 3 aromatic carbocycles. The molecule has 0 saturated carbocycles. The van der Waals surface area contributed by atoms with Gasteiger partial charge >= 0.3 is 5.91 Å². The highest BCUT2D eigenvalue weighted by molar-refractivity contribution is 8.00. The van der Waals surface area contributed by atoms with E-state index in [4.69, 9.17) is 4.74 Å². The number of ketones is 1. The summed E-state index contributed by atoms with van der Waals surface area (Å²) in [5.74, 6) is -0.914. The van der Waals surface area contributed by atoms with Crippen molar-refractivity contribution in [3.05, 3.63) is 111 Å². The highest BCUT2D eigenvalue weighted by atomic mass is 32.2. The summed E-state index contributed by atoms with van der Waals surface area (Å²) in [4.78, 5) is 38.8. The van der Waals surface area contributed by atoms with E-state index in [1.165, 1.54) is 40.9 Å². The molecule has 2 heterocycles. The number of thioether (sulfide) groups is 1. The van der Waals surface area contributed by atoms with Crippen LogP contribution in [0.5, 0.6) is 5.75 Å². The number of hydrogen-bond acceptors (Lipinski definition) is 10. The number of aliphatic hydroxyl groups is 1. The van der Waals surface area contributed by atoms with E-state index in [2.05, 4.69) is 10.2 Å². The van der Waals surface area contributed by atoms with Crippen molar-refractivity contribution in [3.63, 3.8) is 0 Å². The van der Waals surface area contributed by atoms with Crippen LogP contribution in [0.3, 0.4) is 0 Å². The van der Waals surface area contributed by atoms with Crippen molar-refractivity contribution >= 4 is 51.4 Å². The lowest BCUT2D eigenvalue weighted by atomic mass is 9.95. The molecule has 1 amide bonds. The SMILES string of the molecule is CCCOc1ccc(/C(O)=C2/C(=O)C(=O)N(c3nnc(SCc4ccc(C)cc4)s3)C2c2ccc([N+](=O)[O-])cc2)cc1. The summed E-state index contributed by atoms with van der Waals surface area (Å²) in [6.45, 7) is 4.53. The molecular formula is C30H26N4O6S2. The van der Waals surface area contributed by atoms with Gasteiger partial charge in [-0.15, -0.1) is 10.2 Å². The van der Waals surface area contributed by atoms with E-state index in [9.17, 15) is 24.8 Å². The molecule has 0 aliphatic carbocycles. The highest BCUT2D eigenvalue weighted by Crippen LogP contribution is 2.44. The van der Waals surface area contributed by atoms with Crippen molar-refractivity contribution < 1.29 is 24.4 Å². The van der Waals surface area contributed by atoms with E-state index in [0.717, 1.165) is 28.9 Å². The zero-order valence-electron chi connectivity index (χ0n) is 22.7. The number of ether oxygens (including phenoxy) is 1. The molecule has 1 aromatic heterocycles. The number of nitro groups is 1. The zero-order valence-corrected chi connectivity index (χ0v) is 24.4. The summed E-state index contributed by atoms with van der Waals surface area (Å²) >= 11 is 2.60. The maximum absolute atomic E-state index is 13.4. The number of benzene rings is 3. The molecule has 1 N–H and O–H groups in total. The summed E-state index contributed by atoms with van der Waals surface area (Å²) < 4.78 is 6.20. The number of non-ortho nitro benzene ring substituents is 1. The van der Waals surface area contributed by atoms with E-state index in [1.807, 2.05) is 38.1 Å². The molecular weight excluding hydrogens is 576 g/mol. The van der Waals surface area contributed by atoms with Gasteiger partial charge in [-0.25, -0.2) is 0 Å². The first-order chi connectivity index (χ1) is 20.3. The predicted octanol–water partition coefficient (Wildman–Crippen LogP) is 6.46. The first-order valence-corrected chi connectivity index (χ1v) is 14.9. The number of carbonyl (C=O) groups excluding carboxylic acids is 2. The topological polar surface area (TPSA) is 136 Å². The largest absolute Gasteiger partial charge is 0.507 e. The Balaban J connectivity index is 1.52. The van der Waals surface area contributed by atoms with Gasteiger partial charge in [0.05, 0.1) is 23.1 Å². The number of anilines is 1. The van der Waals surface area contributed by atoms with Crippen molar-refractivity contribution in [2.24, 2.45) is 0 Å². The summed E-state index contributed by atoms with van der Waals surface area (Å²) in [6.07, 6.45) is 0.832. The normalized spacial score (nSPS) is 16.1. The van der Waals surface area contributed by atoms with Crippen LogP contribution in [-0.4, -0.2) is 38.5 Å². The van der Waals surface area contributed by atoms with Crippen molar-refractivity contribution in [3.8, 4) is 5.75 Å². The van der Waals surface area contributed by atoms with Crippen LogP contribution in [0, 0.1) is 17.0 Å². The molecule has 42 heavy (non-hydrogen) atoms. The zero-order chi connectivity index (χ0) is 29.8. The quantitative estimate of drug-likeness (QED) is 0.0412. The standard InChI is InChI=1S/C30H26N4O6S2/c1-3-16-40-23-14-10-21(11-15-23)26(35)24-25(20-8-12-22(13-9-20)34(38)39)33(28(37)27(24)36)29-31-32-30(42-29)41-17-19-6-4-18(2)5-7-19/h4-15,25,35H,3,16-17H2,1-2H3/b26-24-. The van der Waals surface area contributed by atoms with Crippen LogP contribution in [0.2, 0.25) is 0 Å². The van der Waals surface area contributed by atoms with Gasteiger partial charge in [-0.1, -0.05) is 59.9 Å². The van der Waals surface area contributed by atoms with E-state index < -0.39 is 22.7 Å². The molecule has 1 aliphatic rings. The average Bonchev–Trinajstić information content (AvgIpc) is 3.57. The number of amides is 1. The minimum absolute atomic E-state index is 0.149. The Bertz CT molecular complexity index is 1650. The monoisotopic (exact) mass is 602 g/mol. The first-order valence-electron chi connectivity index (χ1n) is 13.1. The van der Waals surface area contributed by atoms with Gasteiger partial charge in [-0.2, -0.15) is 0 Å². The molecule has 10 nitrogen and oxygen atoms in total. The van der Waals surface area contributed by atoms with Gasteiger partial charge in [0.2, 0.25) is 5.13 Å². The van der Waals surface area contributed by atoms with E-state index in [0.29, 0.717) is 33.6 Å². The average molecular weight is 603 g/mol. The van der Waals surface area contributed by atoms with Crippen LogP contribution < -0.4 is 9.64 Å². The number of Topliss-reactive ketones (excluding diaryl/α,β-unsaturated/α-hetero) is 1. The summed E-state index contributed by atoms with van der Waals surface area (Å²) in [5, 5.41) is 31.2. The predicted molar refractivity (Wildman–Crippen MR) is 161 cm³/mol. The van der Waals surface area contributed by atoms with E-state index >= 15 is 0 Å². The Labute approximate surface area is 249 Å². The van der Waals surface area contributed by atoms with Gasteiger partial charge in [0.25, 0.3) is 11.5 Å². The Morgan fingerprint density at radius 2 is 1.74 bits per heavy atom. The van der Waals surface area contributed by atoms with Crippen LogP contribution in [0.25, 0.3) is 5.76 Å². The molecule has 0 bridgehead atoms. The molecule has 1 unspecified atom stereocenters. The Morgan fingerprint density at radius 3 is 2.38 bits per heavy atom. The van der Waals surface area contributed by atoms with Crippen molar-refractivity contribution in [1.82, 2.24) is 10.2 Å². The molecule has 214 valence electrons. The van der Waals surface area contributed by atoms with Crippen LogP contribution in [0.15, 0.2) is 82.7 Å². The molecule has 1 atom stereocenters. The Morgan fingerprint density at radius 1 is 1.05 bits per heavy atom. The van der Waals surface area contributed by atoms with Crippen LogP contribution >= 0.6 is 23.1 Å². The number of hydrogen-bond donors (Lipinski definition) is 1. The van der Waals surface area contributed by atoms with Gasteiger partial charge in [-0.05, 0) is 60.9 Å². The van der Waals surface area contributed by atoms with Crippen LogP contribution in [0.1, 0.15) is 41.6 Å². The molecule has 5 rings (SSSR count). The van der Waals surface area contributed by atoms with Crippen molar-refractivity contribution in [2.75, 3.05) is 11.5 Å². The number of aromatic nitrogens is 2. The van der Waals surface area contributed by atoms with Gasteiger partial charge in [0.1, 0.15) is 11.5 Å². The molecule has 12 heteroatoms. The van der Waals surface area contributed by atoms with Gasteiger partial charge in [-0.3, -0.25) is 24.6 Å². The second-order valence-corrected chi connectivity index (χ2v) is 11.7. The third-order valence-electron chi connectivity index (χ3n) is 6.55. The number of rotatable bonds is 10. The fraction of sp³-hybridized carbons (Fsp3) is 0.200. The maximum Gasteiger partial charge on any atom is 0.301 e. The third-order valence-corrected chi connectivity index (χ3v) is 8.68. The summed E-state index contributed by atoms with van der Waals surface area (Å²) in [6, 6.07) is 19.1. The van der Waals surface area contributed by atoms with Gasteiger partial charge in [0, 0.05) is 23.4 Å². The smallest absolute Gasteiger partial charge is 0.301 e. The second-order valence-electron chi connectivity index (χ2n) is 9.52. The fourth-order valence-corrected chi connectivity index (χ4v) is 6.22. The van der Waals surface area contributed by atoms with Crippen LogP contribution in [-0.2, 0) is 15.3 Å². The molecule has 4 aromatic rings. The number of aryl methyl sites for hydroxylation is 1. The number of nitrogens with zero attached hydrogens (tertiary/aromatic N) is 4. The Hall–Kier alpha value is -4.55. The Kier molecular flexibility index (Phi) is 8.64. The summed E-state index contributed by atoms with van der Waals surface area (Å²) in [7, 11) is 0. The number of carbonyl (C=O) groups is 2. The molecule has 1 saturated heterocycles. The van der Waals surface area contributed by atoms with Gasteiger partial charge in [0.15, 0.2) is 4.34 Å². The highest BCUT2D eigenvalue weighted by Gasteiger charge is 2.48. The third kappa shape index (κ3) is 6.04. The lowest BCUT2D eigenvalue weighted by molar-refractivity contribution is -0.384. The number of aliphatic hydroxyl groups excluding tert-OH is 1. The minimum Gasteiger partial charge on any atom is -0.507 e. The molecule has 1 fully saturated rings. The maximum atomic E-state index is 13.4. The first kappa shape index (κ1) is 29.0. The minimum atomic E-state index is -1.08. The second kappa shape index (κ2) is 12.5. The van der Waals surface area contributed by atoms with Crippen LogP contribution in [0.4, 0.5) is 10.8 Å². The van der Waals surface area contributed by atoms with Gasteiger partial charge < -0.3 is 9.84 Å². The fourth-order valence-electron chi connectivity index (χ4n) is 4.40. The molecule has 0 spiro atoms. The van der Waals surface area contributed by atoms with Crippen molar-refractivity contribution in [1.29, 1.82) is 0 Å². The number of nitro benzene ring substituents is 1. The molecule has 0 radical (unpaired) electrons. The lowest BCUT2D eigenvalue weighted by Crippen LogP contribution is -2.29.